The number of fused-ring (bicyclic) bond motifs is 1. The van der Waals surface area contributed by atoms with E-state index < -0.39 is 0 Å². The highest BCUT2D eigenvalue weighted by atomic mass is 16.2. The first kappa shape index (κ1) is 15.7. The second-order valence-corrected chi connectivity index (χ2v) is 6.27. The predicted molar refractivity (Wildman–Crippen MR) is 97.0 cm³/mol. The lowest BCUT2D eigenvalue weighted by Gasteiger charge is -2.33. The molecule has 1 aromatic rings. The highest BCUT2D eigenvalue weighted by Crippen LogP contribution is 2.23. The molecule has 3 aliphatic rings. The Morgan fingerprint density at radius 3 is 2.64 bits per heavy atom. The quantitative estimate of drug-likeness (QED) is 0.893. The normalized spacial score (nSPS) is 22.6. The van der Waals surface area contributed by atoms with E-state index in [0.717, 1.165) is 49.0 Å². The van der Waals surface area contributed by atoms with Gasteiger partial charge in [0.1, 0.15) is 0 Å². The maximum absolute atomic E-state index is 12.9. The van der Waals surface area contributed by atoms with Crippen LogP contribution in [0, 0.1) is 6.92 Å². The Kier molecular flexibility index (Phi) is 4.11. The number of piperazine rings is 1. The van der Waals surface area contributed by atoms with Crippen LogP contribution in [0.5, 0.6) is 0 Å². The molecule has 0 radical (unpaired) electrons. The third kappa shape index (κ3) is 3.21. The number of nitrogens with zero attached hydrogens (tertiary/aromatic N) is 4. The summed E-state index contributed by atoms with van der Waals surface area (Å²) in [5.41, 5.74) is 3.66. The Bertz CT molecular complexity index is 834. The van der Waals surface area contributed by atoms with Crippen LogP contribution in [0.2, 0.25) is 0 Å². The van der Waals surface area contributed by atoms with Crippen LogP contribution in [-0.2, 0) is 4.79 Å². The minimum atomic E-state index is -0.0612. The summed E-state index contributed by atoms with van der Waals surface area (Å²) < 4.78 is 1.86. The molecule has 0 unspecified atom stereocenters. The fourth-order valence-corrected chi connectivity index (χ4v) is 3.15. The second kappa shape index (κ2) is 6.57. The summed E-state index contributed by atoms with van der Waals surface area (Å²) in [7, 11) is 0. The lowest BCUT2D eigenvalue weighted by Crippen LogP contribution is -2.43. The molecule has 0 bridgehead atoms. The summed E-state index contributed by atoms with van der Waals surface area (Å²) in [5.74, 6) is -0.0612. The highest BCUT2D eigenvalue weighted by molar-refractivity contribution is 5.96. The van der Waals surface area contributed by atoms with E-state index >= 15 is 0 Å². The van der Waals surface area contributed by atoms with Crippen molar-refractivity contribution in [1.29, 1.82) is 0 Å². The first-order valence-electron chi connectivity index (χ1n) is 8.50. The van der Waals surface area contributed by atoms with Crippen molar-refractivity contribution < 1.29 is 4.79 Å². The predicted octanol–water partition coefficient (Wildman–Crippen LogP) is 1.63. The molecule has 3 aliphatic heterocycles. The summed E-state index contributed by atoms with van der Waals surface area (Å²) in [6, 6.07) is 0. The summed E-state index contributed by atoms with van der Waals surface area (Å²) in [6.45, 7) is 5.77. The van der Waals surface area contributed by atoms with Gasteiger partial charge in [0.05, 0.1) is 23.4 Å². The molecule has 0 aromatic carbocycles. The van der Waals surface area contributed by atoms with Crippen LogP contribution in [0.4, 0.5) is 0 Å². The van der Waals surface area contributed by atoms with Crippen molar-refractivity contribution in [2.75, 3.05) is 26.2 Å². The van der Waals surface area contributed by atoms with Gasteiger partial charge in [-0.2, -0.15) is 0 Å². The van der Waals surface area contributed by atoms with Gasteiger partial charge in [0, 0.05) is 50.3 Å². The molecule has 0 spiro atoms. The Hall–Kier alpha value is -2.86. The molecular formula is C19H21N5O. The fourth-order valence-electron chi connectivity index (χ4n) is 3.15. The second-order valence-electron chi connectivity index (χ2n) is 6.27. The minimum Gasteiger partial charge on any atom is -0.368 e. The van der Waals surface area contributed by atoms with Gasteiger partial charge in [-0.1, -0.05) is 6.08 Å². The lowest BCUT2D eigenvalue weighted by atomic mass is 10.1. The molecule has 4 heterocycles. The van der Waals surface area contributed by atoms with Crippen LogP contribution in [-0.4, -0.2) is 51.4 Å². The van der Waals surface area contributed by atoms with Gasteiger partial charge in [-0.25, -0.2) is 4.98 Å². The molecule has 1 N–H and O–H groups in total. The van der Waals surface area contributed by atoms with E-state index in [1.807, 2.05) is 48.2 Å². The first-order chi connectivity index (χ1) is 12.2. The van der Waals surface area contributed by atoms with Gasteiger partial charge in [0.15, 0.2) is 0 Å². The largest absolute Gasteiger partial charge is 0.368 e. The maximum Gasteiger partial charge on any atom is 0.257 e. The Balaban J connectivity index is 1.65. The van der Waals surface area contributed by atoms with Crippen molar-refractivity contribution >= 4 is 11.6 Å². The van der Waals surface area contributed by atoms with Crippen molar-refractivity contribution in [3.8, 4) is 0 Å². The van der Waals surface area contributed by atoms with Crippen molar-refractivity contribution in [2.24, 2.45) is 0 Å². The summed E-state index contributed by atoms with van der Waals surface area (Å²) in [5, 5.41) is 3.35. The van der Waals surface area contributed by atoms with Gasteiger partial charge in [-0.05, 0) is 31.2 Å². The number of carbonyl (C=O) groups is 1. The van der Waals surface area contributed by atoms with Gasteiger partial charge in [0.2, 0.25) is 0 Å². The average molecular weight is 335 g/mol. The lowest BCUT2D eigenvalue weighted by molar-refractivity contribution is -0.122. The molecule has 0 aliphatic carbocycles. The SMILES string of the molecule is Cc1cn(C2=CC(=O)N3C=C(N4CCNCC4)C=C/C3=C\C=C2)cn1. The van der Waals surface area contributed by atoms with Crippen LogP contribution >= 0.6 is 0 Å². The number of hydrogen-bond donors (Lipinski definition) is 1. The van der Waals surface area contributed by atoms with Crippen LogP contribution in [0.15, 0.2) is 66.6 Å². The van der Waals surface area contributed by atoms with E-state index in [2.05, 4.69) is 21.3 Å². The van der Waals surface area contributed by atoms with E-state index in [1.165, 1.54) is 0 Å². The fraction of sp³-hybridized carbons (Fsp3) is 0.263. The van der Waals surface area contributed by atoms with Gasteiger partial charge in [-0.3, -0.25) is 9.69 Å². The molecule has 6 nitrogen and oxygen atoms in total. The molecule has 128 valence electrons. The number of imidazole rings is 1. The smallest absolute Gasteiger partial charge is 0.257 e. The molecule has 25 heavy (non-hydrogen) atoms. The Morgan fingerprint density at radius 2 is 1.88 bits per heavy atom. The number of hydrogen-bond acceptors (Lipinski definition) is 4. The molecule has 1 saturated heterocycles. The zero-order valence-corrected chi connectivity index (χ0v) is 14.2. The van der Waals surface area contributed by atoms with Gasteiger partial charge >= 0.3 is 0 Å². The number of carbonyl (C=O) groups excluding carboxylic acids is 1. The average Bonchev–Trinajstić information content (AvgIpc) is 3.06. The highest BCUT2D eigenvalue weighted by Gasteiger charge is 2.21. The number of aryl methyl sites for hydroxylation is 1. The van der Waals surface area contributed by atoms with Crippen molar-refractivity contribution in [3.63, 3.8) is 0 Å². The van der Waals surface area contributed by atoms with Crippen LogP contribution in [0.25, 0.3) is 5.70 Å². The molecule has 6 heteroatoms. The van der Waals surface area contributed by atoms with Crippen LogP contribution < -0.4 is 5.32 Å². The molecule has 0 saturated carbocycles. The topological polar surface area (TPSA) is 53.4 Å². The number of allylic oxidation sites excluding steroid dienone is 6. The Labute approximate surface area is 147 Å². The van der Waals surface area contributed by atoms with E-state index in [-0.39, 0.29) is 5.91 Å². The van der Waals surface area contributed by atoms with Gasteiger partial charge in [0.25, 0.3) is 5.91 Å². The standard InChI is InChI=1S/C19H21N5O/c1-15-12-23(14-21-15)17-4-2-3-16-5-6-18(13-24(16)19(25)11-17)22-9-7-20-8-10-22/h2-6,11-14,20H,7-10H2,1H3/b4-2?,16-3+,17-11?. The third-order valence-corrected chi connectivity index (χ3v) is 4.50. The van der Waals surface area contributed by atoms with Crippen molar-refractivity contribution in [2.45, 2.75) is 6.92 Å². The zero-order valence-electron chi connectivity index (χ0n) is 14.2. The molecule has 4 rings (SSSR count). The zero-order chi connectivity index (χ0) is 17.2. The molecule has 1 aromatic heterocycles. The molecular weight excluding hydrogens is 314 g/mol. The molecule has 0 atom stereocenters. The summed E-state index contributed by atoms with van der Waals surface area (Å²) >= 11 is 0. The van der Waals surface area contributed by atoms with E-state index in [9.17, 15) is 4.79 Å². The number of nitrogens with one attached hydrogen (secondary N) is 1. The van der Waals surface area contributed by atoms with E-state index in [4.69, 9.17) is 0 Å². The maximum atomic E-state index is 12.9. The number of rotatable bonds is 2. The van der Waals surface area contributed by atoms with Gasteiger partial charge < -0.3 is 14.8 Å². The minimum absolute atomic E-state index is 0.0612. The number of aromatic nitrogens is 2. The summed E-state index contributed by atoms with van der Waals surface area (Å²) in [4.78, 5) is 21.1. The number of amides is 1. The van der Waals surface area contributed by atoms with Crippen LogP contribution in [0.1, 0.15) is 5.69 Å². The summed E-state index contributed by atoms with van der Waals surface area (Å²) in [6.07, 6.45) is 17.1. The van der Waals surface area contributed by atoms with E-state index in [1.54, 1.807) is 17.3 Å². The van der Waals surface area contributed by atoms with Gasteiger partial charge in [-0.15, -0.1) is 0 Å². The van der Waals surface area contributed by atoms with E-state index in [0.29, 0.717) is 0 Å². The molecule has 1 fully saturated rings. The monoisotopic (exact) mass is 335 g/mol. The first-order valence-corrected chi connectivity index (χ1v) is 8.50. The third-order valence-electron chi connectivity index (χ3n) is 4.50. The van der Waals surface area contributed by atoms with Crippen molar-refractivity contribution in [3.05, 3.63) is 72.3 Å². The van der Waals surface area contributed by atoms with Crippen molar-refractivity contribution in [1.82, 2.24) is 24.7 Å². The van der Waals surface area contributed by atoms with Crippen LogP contribution in [0.3, 0.4) is 0 Å². The Morgan fingerprint density at radius 1 is 1.08 bits per heavy atom. The molecule has 1 amide bonds.